The Morgan fingerprint density at radius 2 is 2.00 bits per heavy atom. The van der Waals surface area contributed by atoms with Gasteiger partial charge in [0, 0.05) is 18.0 Å². The lowest BCUT2D eigenvalue weighted by atomic mass is 10.1. The third-order valence-electron chi connectivity index (χ3n) is 5.22. The van der Waals surface area contributed by atoms with Crippen molar-refractivity contribution in [3.8, 4) is 17.0 Å². The van der Waals surface area contributed by atoms with Crippen LogP contribution in [-0.2, 0) is 18.3 Å². The highest BCUT2D eigenvalue weighted by Crippen LogP contribution is 2.32. The summed E-state index contributed by atoms with van der Waals surface area (Å²) in [7, 11) is 1.33. The first-order valence-corrected chi connectivity index (χ1v) is 11.3. The fraction of sp³-hybridized carbons (Fsp3) is 0.217. The van der Waals surface area contributed by atoms with Crippen molar-refractivity contribution in [1.29, 1.82) is 0 Å². The number of thiazole rings is 1. The van der Waals surface area contributed by atoms with E-state index in [9.17, 15) is 31.9 Å². The lowest BCUT2D eigenvalue weighted by Gasteiger charge is -2.13. The van der Waals surface area contributed by atoms with Crippen molar-refractivity contribution in [2.45, 2.75) is 19.5 Å². The summed E-state index contributed by atoms with van der Waals surface area (Å²) >= 11 is 1.07. The molecular formula is C23H18F4N4O4S. The number of nitrogens with zero attached hydrogens (tertiary/aromatic N) is 2. The molecule has 2 N–H and O–H groups in total. The number of rotatable bonds is 6. The number of benzene rings is 2. The number of fused-ring (bicyclic) bond motifs is 1. The van der Waals surface area contributed by atoms with Gasteiger partial charge in [-0.25, -0.2) is 14.2 Å². The van der Waals surface area contributed by atoms with Gasteiger partial charge in [-0.1, -0.05) is 12.1 Å². The van der Waals surface area contributed by atoms with Crippen molar-refractivity contribution in [3.63, 3.8) is 0 Å². The molecule has 36 heavy (non-hydrogen) atoms. The van der Waals surface area contributed by atoms with Gasteiger partial charge in [-0.3, -0.25) is 14.2 Å². The molecule has 0 atom stereocenters. The lowest BCUT2D eigenvalue weighted by Crippen LogP contribution is -2.33. The van der Waals surface area contributed by atoms with Crippen LogP contribution in [0.3, 0.4) is 0 Å². The molecule has 0 aliphatic heterocycles. The predicted octanol–water partition coefficient (Wildman–Crippen LogP) is 3.92. The van der Waals surface area contributed by atoms with Crippen LogP contribution in [0.2, 0.25) is 0 Å². The van der Waals surface area contributed by atoms with E-state index < -0.39 is 41.5 Å². The standard InChI is InChI=1S/C23H18F4N4O4S/c1-11-6-13(7-14(24)19(11)35-10-23(25,26)27)16-9-36-21(28-16)30-17(32)8-12-4-3-5-15-18(12)20(33)31(2)22(34)29-15/h3-7,9H,8,10H2,1-2H3,(H,29,34)(H,28,30,32). The number of carbonyl (C=O) groups is 1. The van der Waals surface area contributed by atoms with Crippen LogP contribution in [0.15, 0.2) is 45.3 Å². The normalized spacial score (nSPS) is 11.6. The molecule has 2 aromatic heterocycles. The molecule has 2 aromatic carbocycles. The third kappa shape index (κ3) is 5.30. The summed E-state index contributed by atoms with van der Waals surface area (Å²) in [6, 6.07) is 7.21. The van der Waals surface area contributed by atoms with Crippen molar-refractivity contribution < 1.29 is 27.1 Å². The quantitative estimate of drug-likeness (QED) is 0.374. The monoisotopic (exact) mass is 522 g/mol. The molecule has 0 spiro atoms. The number of nitrogens with one attached hydrogen (secondary N) is 2. The Hall–Kier alpha value is -4.00. The number of anilines is 1. The Labute approximate surface area is 204 Å². The van der Waals surface area contributed by atoms with E-state index in [-0.39, 0.29) is 22.5 Å². The summed E-state index contributed by atoms with van der Waals surface area (Å²) in [5, 5.41) is 4.58. The van der Waals surface area contributed by atoms with E-state index in [1.165, 1.54) is 20.0 Å². The summed E-state index contributed by atoms with van der Waals surface area (Å²) < 4.78 is 57.1. The average molecular weight is 522 g/mol. The highest BCUT2D eigenvalue weighted by Gasteiger charge is 2.29. The second-order valence-corrected chi connectivity index (χ2v) is 8.76. The molecule has 2 heterocycles. The van der Waals surface area contributed by atoms with E-state index in [1.807, 2.05) is 0 Å². The zero-order chi connectivity index (χ0) is 26.2. The molecule has 0 aliphatic rings. The van der Waals surface area contributed by atoms with Crippen LogP contribution in [0.5, 0.6) is 5.75 Å². The first-order valence-electron chi connectivity index (χ1n) is 10.4. The molecule has 0 bridgehead atoms. The molecule has 0 fully saturated rings. The van der Waals surface area contributed by atoms with Gasteiger partial charge in [0.25, 0.3) is 5.56 Å². The van der Waals surface area contributed by atoms with Gasteiger partial charge in [0.1, 0.15) is 0 Å². The van der Waals surface area contributed by atoms with Gasteiger partial charge in [-0.2, -0.15) is 13.2 Å². The molecule has 1 amide bonds. The smallest absolute Gasteiger partial charge is 0.422 e. The molecular weight excluding hydrogens is 504 g/mol. The number of amides is 1. The number of hydrogen-bond donors (Lipinski definition) is 2. The SMILES string of the molecule is Cc1cc(-c2csc(NC(=O)Cc3cccc4[nH]c(=O)n(C)c(=O)c34)n2)cc(F)c1OCC(F)(F)F. The average Bonchev–Trinajstić information content (AvgIpc) is 3.24. The first kappa shape index (κ1) is 25.1. The minimum absolute atomic E-state index is 0.156. The number of H-pyrrole nitrogens is 1. The van der Waals surface area contributed by atoms with Gasteiger partial charge in [0.15, 0.2) is 23.3 Å². The van der Waals surface area contributed by atoms with Gasteiger partial charge in [-0.05, 0) is 36.2 Å². The number of aryl methyl sites for hydroxylation is 1. The van der Waals surface area contributed by atoms with E-state index in [1.54, 1.807) is 23.6 Å². The number of alkyl halides is 3. The molecule has 188 valence electrons. The van der Waals surface area contributed by atoms with E-state index in [0.29, 0.717) is 22.3 Å². The van der Waals surface area contributed by atoms with Crippen molar-refractivity contribution in [2.75, 3.05) is 11.9 Å². The molecule has 0 unspecified atom stereocenters. The molecule has 4 aromatic rings. The Kier molecular flexibility index (Phi) is 6.67. The fourth-order valence-corrected chi connectivity index (χ4v) is 4.31. The maximum Gasteiger partial charge on any atom is 0.422 e. The van der Waals surface area contributed by atoms with Crippen molar-refractivity contribution in [1.82, 2.24) is 14.5 Å². The molecule has 4 rings (SSSR count). The maximum absolute atomic E-state index is 14.4. The largest absolute Gasteiger partial charge is 0.481 e. The van der Waals surface area contributed by atoms with Gasteiger partial charge < -0.3 is 15.0 Å². The van der Waals surface area contributed by atoms with E-state index >= 15 is 0 Å². The Balaban J connectivity index is 1.52. The molecule has 0 aliphatic carbocycles. The second-order valence-electron chi connectivity index (χ2n) is 7.90. The first-order chi connectivity index (χ1) is 16.9. The summed E-state index contributed by atoms with van der Waals surface area (Å²) in [6.45, 7) is -0.203. The maximum atomic E-state index is 14.4. The summed E-state index contributed by atoms with van der Waals surface area (Å²) in [6.07, 6.45) is -4.78. The van der Waals surface area contributed by atoms with Gasteiger partial charge >= 0.3 is 11.9 Å². The number of hydrogen-bond acceptors (Lipinski definition) is 6. The topological polar surface area (TPSA) is 106 Å². The van der Waals surface area contributed by atoms with Crippen LogP contribution >= 0.6 is 11.3 Å². The van der Waals surface area contributed by atoms with Crippen LogP contribution in [0, 0.1) is 12.7 Å². The van der Waals surface area contributed by atoms with E-state index in [4.69, 9.17) is 0 Å². The van der Waals surface area contributed by atoms with Crippen LogP contribution in [0.4, 0.5) is 22.7 Å². The zero-order valence-electron chi connectivity index (χ0n) is 18.8. The molecule has 8 nitrogen and oxygen atoms in total. The minimum Gasteiger partial charge on any atom is -0.481 e. The molecule has 13 heteroatoms. The molecule has 0 radical (unpaired) electrons. The van der Waals surface area contributed by atoms with Crippen LogP contribution < -0.4 is 21.3 Å². The minimum atomic E-state index is -4.60. The van der Waals surface area contributed by atoms with Crippen LogP contribution in [0.1, 0.15) is 11.1 Å². The summed E-state index contributed by atoms with van der Waals surface area (Å²) in [4.78, 5) is 43.9. The second kappa shape index (κ2) is 9.57. The Morgan fingerprint density at radius 3 is 2.69 bits per heavy atom. The van der Waals surface area contributed by atoms with E-state index in [0.717, 1.165) is 22.0 Å². The highest BCUT2D eigenvalue weighted by atomic mass is 32.1. The Morgan fingerprint density at radius 1 is 1.25 bits per heavy atom. The number of ether oxygens (including phenoxy) is 1. The molecule has 0 saturated carbocycles. The van der Waals surface area contributed by atoms with Gasteiger partial charge in [0.05, 0.1) is 23.0 Å². The van der Waals surface area contributed by atoms with Crippen LogP contribution in [0.25, 0.3) is 22.2 Å². The number of halogens is 4. The van der Waals surface area contributed by atoms with Crippen LogP contribution in [-0.4, -0.2) is 33.2 Å². The van der Waals surface area contributed by atoms with Crippen molar-refractivity contribution in [2.24, 2.45) is 7.05 Å². The van der Waals surface area contributed by atoms with E-state index in [2.05, 4.69) is 20.0 Å². The van der Waals surface area contributed by atoms with Gasteiger partial charge in [0.2, 0.25) is 5.91 Å². The fourth-order valence-electron chi connectivity index (χ4n) is 3.58. The highest BCUT2D eigenvalue weighted by molar-refractivity contribution is 7.14. The number of carbonyl (C=O) groups excluding carboxylic acids is 1. The predicted molar refractivity (Wildman–Crippen MR) is 126 cm³/mol. The van der Waals surface area contributed by atoms with Gasteiger partial charge in [-0.15, -0.1) is 11.3 Å². The van der Waals surface area contributed by atoms with Crippen molar-refractivity contribution >= 4 is 33.3 Å². The zero-order valence-corrected chi connectivity index (χ0v) is 19.6. The third-order valence-corrected chi connectivity index (χ3v) is 5.98. The number of aromatic nitrogens is 3. The number of aromatic amines is 1. The summed E-state index contributed by atoms with van der Waals surface area (Å²) in [5.74, 6) is -1.94. The van der Waals surface area contributed by atoms with Crippen molar-refractivity contribution in [3.05, 3.63) is 73.5 Å². The Bertz CT molecular complexity index is 1570. The lowest BCUT2D eigenvalue weighted by molar-refractivity contribution is -0.153. The molecule has 0 saturated heterocycles. The summed E-state index contributed by atoms with van der Waals surface area (Å²) in [5.41, 5.74) is 0.364.